The molecule has 0 amide bonds. The number of ether oxygens (including phenoxy) is 1. The summed E-state index contributed by atoms with van der Waals surface area (Å²) in [6, 6.07) is 1.76. The van der Waals surface area contributed by atoms with E-state index in [1.807, 2.05) is 0 Å². The van der Waals surface area contributed by atoms with Crippen LogP contribution in [0.15, 0.2) is 11.3 Å². The molecule has 0 heterocycles. The van der Waals surface area contributed by atoms with E-state index in [2.05, 4.69) is 0 Å². The van der Waals surface area contributed by atoms with Crippen LogP contribution in [0.5, 0.6) is 0 Å². The Bertz CT molecular complexity index is 125. The minimum absolute atomic E-state index is 0.161. The van der Waals surface area contributed by atoms with Gasteiger partial charge in [0.15, 0.2) is 0 Å². The molecule has 0 bridgehead atoms. The monoisotopic (exact) mass is 131 g/mol. The highest BCUT2D eigenvalue weighted by molar-refractivity contribution is 6.25. The second-order valence-corrected chi connectivity index (χ2v) is 1.24. The minimum Gasteiger partial charge on any atom is -0.483 e. The van der Waals surface area contributed by atoms with E-state index >= 15 is 0 Å². The summed E-state index contributed by atoms with van der Waals surface area (Å²) in [6.07, 6.45) is 0. The fourth-order valence-corrected chi connectivity index (χ4v) is 0.355. The van der Waals surface area contributed by atoms with E-state index < -0.39 is 0 Å². The maximum absolute atomic E-state index is 8.13. The first-order chi connectivity index (χ1) is 3.85. The number of nitriles is 1. The van der Waals surface area contributed by atoms with Gasteiger partial charge < -0.3 is 4.74 Å². The van der Waals surface area contributed by atoms with Gasteiger partial charge in [-0.15, -0.1) is 0 Å². The first kappa shape index (κ1) is 7.32. The molecule has 0 N–H and O–H groups in total. The maximum Gasteiger partial charge on any atom is 0.208 e. The zero-order chi connectivity index (χ0) is 6.41. The molecule has 0 aliphatic rings. The van der Waals surface area contributed by atoms with Crippen LogP contribution in [0.4, 0.5) is 0 Å². The number of allylic oxidation sites excluding steroid dienone is 1. The topological polar surface area (TPSA) is 33.0 Å². The Labute approximate surface area is 53.3 Å². The second-order valence-electron chi connectivity index (χ2n) is 1.02. The van der Waals surface area contributed by atoms with Gasteiger partial charge in [-0.25, -0.2) is 0 Å². The number of halogens is 1. The Kier molecular flexibility index (Phi) is 4.10. The van der Waals surface area contributed by atoms with Crippen LogP contribution in [0.1, 0.15) is 6.92 Å². The molecule has 0 aromatic carbocycles. The maximum atomic E-state index is 8.13. The van der Waals surface area contributed by atoms with Crippen molar-refractivity contribution in [2.24, 2.45) is 0 Å². The Morgan fingerprint density at radius 1 is 2.00 bits per heavy atom. The summed E-state index contributed by atoms with van der Waals surface area (Å²) in [5.41, 5.74) is 1.11. The molecule has 3 heteroatoms. The number of hydrogen-bond donors (Lipinski definition) is 0. The highest BCUT2D eigenvalue weighted by Crippen LogP contribution is 1.95. The zero-order valence-electron chi connectivity index (χ0n) is 4.52. The third-order valence-corrected chi connectivity index (χ3v) is 0.707. The van der Waals surface area contributed by atoms with Gasteiger partial charge >= 0.3 is 0 Å². The quantitative estimate of drug-likeness (QED) is 0.422. The Hall–Kier alpha value is -0.680. The first-order valence-corrected chi connectivity index (χ1v) is 2.62. The summed E-state index contributed by atoms with van der Waals surface area (Å²) in [7, 11) is 0. The van der Waals surface area contributed by atoms with Crippen molar-refractivity contribution < 1.29 is 4.74 Å². The molecule has 0 saturated carbocycles. The van der Waals surface area contributed by atoms with E-state index in [9.17, 15) is 0 Å². The van der Waals surface area contributed by atoms with Crippen LogP contribution in [-0.4, -0.2) is 6.61 Å². The Morgan fingerprint density at radius 3 is 2.75 bits per heavy atom. The summed E-state index contributed by atoms with van der Waals surface area (Å²) in [4.78, 5) is 0. The standard InChI is InChI=1S/C5H6ClNO/c1-2-8-5(3-6)4-7/h3H,2H2,1H3. The normalized spacial score (nSPS) is 10.4. The number of rotatable bonds is 2. The molecule has 8 heavy (non-hydrogen) atoms. The lowest BCUT2D eigenvalue weighted by Crippen LogP contribution is -1.85. The van der Waals surface area contributed by atoms with E-state index in [1.54, 1.807) is 13.0 Å². The van der Waals surface area contributed by atoms with E-state index in [-0.39, 0.29) is 5.76 Å². The van der Waals surface area contributed by atoms with Gasteiger partial charge in [-0.1, -0.05) is 11.6 Å². The molecule has 0 saturated heterocycles. The fraction of sp³-hybridized carbons (Fsp3) is 0.400. The van der Waals surface area contributed by atoms with Crippen LogP contribution in [0.3, 0.4) is 0 Å². The van der Waals surface area contributed by atoms with Gasteiger partial charge in [0.1, 0.15) is 6.07 Å². The van der Waals surface area contributed by atoms with Crippen LogP contribution in [0.25, 0.3) is 0 Å². The number of hydrogen-bond acceptors (Lipinski definition) is 2. The minimum atomic E-state index is 0.161. The molecule has 0 aromatic heterocycles. The zero-order valence-corrected chi connectivity index (χ0v) is 5.27. The predicted octanol–water partition coefficient (Wildman–Crippen LogP) is 1.63. The molecule has 44 valence electrons. The lowest BCUT2D eigenvalue weighted by atomic mass is 10.6. The lowest BCUT2D eigenvalue weighted by Gasteiger charge is -1.94. The van der Waals surface area contributed by atoms with Crippen LogP contribution in [0.2, 0.25) is 0 Å². The van der Waals surface area contributed by atoms with Crippen molar-refractivity contribution in [3.8, 4) is 6.07 Å². The predicted molar refractivity (Wildman–Crippen MR) is 31.2 cm³/mol. The van der Waals surface area contributed by atoms with Crippen molar-refractivity contribution in [3.63, 3.8) is 0 Å². The van der Waals surface area contributed by atoms with Gasteiger partial charge in [-0.2, -0.15) is 5.26 Å². The first-order valence-electron chi connectivity index (χ1n) is 2.18. The van der Waals surface area contributed by atoms with Gasteiger partial charge in [0.25, 0.3) is 0 Å². The molecule has 0 fully saturated rings. The van der Waals surface area contributed by atoms with E-state index in [0.717, 1.165) is 5.54 Å². The third-order valence-electron chi connectivity index (χ3n) is 0.509. The van der Waals surface area contributed by atoms with Gasteiger partial charge in [0.05, 0.1) is 12.1 Å². The van der Waals surface area contributed by atoms with Crippen LogP contribution in [-0.2, 0) is 4.74 Å². The molecule has 0 atom stereocenters. The summed E-state index contributed by atoms with van der Waals surface area (Å²) < 4.78 is 4.71. The second kappa shape index (κ2) is 4.48. The van der Waals surface area contributed by atoms with E-state index in [1.165, 1.54) is 0 Å². The van der Waals surface area contributed by atoms with Crippen LogP contribution in [0, 0.1) is 11.3 Å². The van der Waals surface area contributed by atoms with Gasteiger partial charge in [0, 0.05) is 0 Å². The lowest BCUT2D eigenvalue weighted by molar-refractivity contribution is 0.246. The van der Waals surface area contributed by atoms with Crippen molar-refractivity contribution in [1.82, 2.24) is 0 Å². The smallest absolute Gasteiger partial charge is 0.208 e. The Morgan fingerprint density at radius 2 is 2.62 bits per heavy atom. The Balaban J connectivity index is 3.60. The molecule has 0 radical (unpaired) electrons. The summed E-state index contributed by atoms with van der Waals surface area (Å²) in [5, 5.41) is 8.13. The van der Waals surface area contributed by atoms with Crippen molar-refractivity contribution in [1.29, 1.82) is 5.26 Å². The highest BCUT2D eigenvalue weighted by Gasteiger charge is 1.87. The van der Waals surface area contributed by atoms with Gasteiger partial charge in [0.2, 0.25) is 5.76 Å². The van der Waals surface area contributed by atoms with Crippen molar-refractivity contribution in [2.45, 2.75) is 6.92 Å². The fourth-order valence-electron chi connectivity index (χ4n) is 0.244. The van der Waals surface area contributed by atoms with E-state index in [4.69, 9.17) is 21.6 Å². The molecule has 0 spiro atoms. The van der Waals surface area contributed by atoms with Crippen LogP contribution >= 0.6 is 11.6 Å². The molecule has 2 nitrogen and oxygen atoms in total. The molecule has 0 aliphatic carbocycles. The highest BCUT2D eigenvalue weighted by atomic mass is 35.5. The summed E-state index contributed by atoms with van der Waals surface area (Å²) in [5.74, 6) is 0.161. The van der Waals surface area contributed by atoms with Crippen molar-refractivity contribution in [3.05, 3.63) is 11.3 Å². The molecule has 0 rings (SSSR count). The van der Waals surface area contributed by atoms with Crippen molar-refractivity contribution >= 4 is 11.6 Å². The SMILES string of the molecule is CCOC(C#N)=CCl. The molecular weight excluding hydrogens is 126 g/mol. The summed E-state index contributed by atoms with van der Waals surface area (Å²) >= 11 is 5.14. The van der Waals surface area contributed by atoms with E-state index in [0.29, 0.717) is 6.61 Å². The average Bonchev–Trinajstić information content (AvgIpc) is 1.83. The molecular formula is C5H6ClNO. The summed E-state index contributed by atoms with van der Waals surface area (Å²) in [6.45, 7) is 2.27. The number of nitrogens with zero attached hydrogens (tertiary/aromatic N) is 1. The average molecular weight is 132 g/mol. The molecule has 0 unspecified atom stereocenters. The van der Waals surface area contributed by atoms with Gasteiger partial charge in [-0.05, 0) is 6.92 Å². The van der Waals surface area contributed by atoms with Crippen LogP contribution < -0.4 is 0 Å². The largest absolute Gasteiger partial charge is 0.483 e. The third kappa shape index (κ3) is 2.49. The van der Waals surface area contributed by atoms with Crippen molar-refractivity contribution in [2.75, 3.05) is 6.61 Å². The molecule has 0 aliphatic heterocycles. The van der Waals surface area contributed by atoms with Gasteiger partial charge in [-0.3, -0.25) is 0 Å². The molecule has 0 aromatic rings.